The van der Waals surface area contributed by atoms with Crippen molar-refractivity contribution in [1.82, 2.24) is 10.6 Å². The highest BCUT2D eigenvalue weighted by molar-refractivity contribution is 5.77. The second-order valence-electron chi connectivity index (χ2n) is 8.65. The third-order valence-corrected chi connectivity index (χ3v) is 5.49. The molecule has 0 radical (unpaired) electrons. The van der Waals surface area contributed by atoms with Crippen LogP contribution >= 0.6 is 0 Å². The minimum absolute atomic E-state index is 0.0422. The molecule has 152 valence electrons. The number of esters is 1. The molecule has 2 amide bonds. The fraction of sp³-hybridized carbons (Fsp3) is 0.391. The Morgan fingerprint density at radius 2 is 1.90 bits per heavy atom. The van der Waals surface area contributed by atoms with Crippen molar-refractivity contribution < 1.29 is 19.1 Å². The highest BCUT2D eigenvalue weighted by atomic mass is 16.5. The number of amides is 2. The summed E-state index contributed by atoms with van der Waals surface area (Å²) in [4.78, 5) is 23.9. The van der Waals surface area contributed by atoms with Gasteiger partial charge in [0, 0.05) is 42.9 Å². The predicted octanol–water partition coefficient (Wildman–Crippen LogP) is 4.01. The van der Waals surface area contributed by atoms with Crippen LogP contribution in [0.25, 0.3) is 0 Å². The molecule has 6 nitrogen and oxygen atoms in total. The molecule has 1 fully saturated rings. The third-order valence-electron chi connectivity index (χ3n) is 5.49. The topological polar surface area (TPSA) is 76.7 Å². The van der Waals surface area contributed by atoms with Crippen LogP contribution in [-0.2, 0) is 4.79 Å². The predicted molar refractivity (Wildman–Crippen MR) is 109 cm³/mol. The van der Waals surface area contributed by atoms with E-state index in [1.165, 1.54) is 6.92 Å². The first-order valence-corrected chi connectivity index (χ1v) is 9.84. The van der Waals surface area contributed by atoms with Gasteiger partial charge in [0.1, 0.15) is 11.5 Å². The minimum Gasteiger partial charge on any atom is -0.467 e. The lowest BCUT2D eigenvalue weighted by molar-refractivity contribution is -0.131. The summed E-state index contributed by atoms with van der Waals surface area (Å²) >= 11 is 0. The standard InChI is InChI=1S/C23H26N2O4/c1-14-10-17(28-15(2)26)11-19-20(14)18(16-8-6-5-7-9-16)12-23(29-19)13-22(3,4)24-21(27)25-23/h5-11,18H,12-13H2,1-4H3,(H2,24,25,27)/t18-,23-/m1/s1. The van der Waals surface area contributed by atoms with Crippen molar-refractivity contribution in [3.63, 3.8) is 0 Å². The van der Waals surface area contributed by atoms with E-state index < -0.39 is 11.3 Å². The van der Waals surface area contributed by atoms with E-state index in [-0.39, 0.29) is 17.9 Å². The molecular weight excluding hydrogens is 368 g/mol. The van der Waals surface area contributed by atoms with E-state index in [2.05, 4.69) is 22.8 Å². The minimum atomic E-state index is -0.847. The van der Waals surface area contributed by atoms with Gasteiger partial charge in [0.05, 0.1) is 0 Å². The zero-order valence-electron chi connectivity index (χ0n) is 17.2. The van der Waals surface area contributed by atoms with E-state index in [1.807, 2.05) is 45.0 Å². The van der Waals surface area contributed by atoms with Crippen LogP contribution in [0, 0.1) is 6.92 Å². The van der Waals surface area contributed by atoms with E-state index >= 15 is 0 Å². The fourth-order valence-electron chi connectivity index (χ4n) is 4.68. The number of hydrogen-bond acceptors (Lipinski definition) is 4. The van der Waals surface area contributed by atoms with Gasteiger partial charge in [-0.1, -0.05) is 30.3 Å². The Kier molecular flexibility index (Phi) is 4.52. The summed E-state index contributed by atoms with van der Waals surface area (Å²) in [6, 6.07) is 13.6. The van der Waals surface area contributed by atoms with Crippen molar-refractivity contribution in [3.05, 3.63) is 59.2 Å². The van der Waals surface area contributed by atoms with Crippen LogP contribution in [0.3, 0.4) is 0 Å². The molecule has 2 heterocycles. The second-order valence-corrected chi connectivity index (χ2v) is 8.65. The molecule has 1 saturated heterocycles. The van der Waals surface area contributed by atoms with Crippen LogP contribution in [0.15, 0.2) is 42.5 Å². The maximum atomic E-state index is 12.4. The van der Waals surface area contributed by atoms with Crippen molar-refractivity contribution >= 4 is 12.0 Å². The van der Waals surface area contributed by atoms with Crippen molar-refractivity contribution in [2.24, 2.45) is 0 Å². The molecule has 2 aliphatic rings. The van der Waals surface area contributed by atoms with Gasteiger partial charge in [0.15, 0.2) is 5.72 Å². The molecule has 0 aliphatic carbocycles. The normalized spacial score (nSPS) is 24.7. The first-order chi connectivity index (χ1) is 13.7. The summed E-state index contributed by atoms with van der Waals surface area (Å²) in [6.45, 7) is 7.35. The molecule has 29 heavy (non-hydrogen) atoms. The summed E-state index contributed by atoms with van der Waals surface area (Å²) in [6.07, 6.45) is 1.22. The number of carbonyl (C=O) groups excluding carboxylic acids is 2. The fourth-order valence-corrected chi connectivity index (χ4v) is 4.68. The van der Waals surface area contributed by atoms with Crippen molar-refractivity contribution in [3.8, 4) is 11.5 Å². The van der Waals surface area contributed by atoms with Crippen LogP contribution in [0.5, 0.6) is 11.5 Å². The number of ether oxygens (including phenoxy) is 2. The maximum absolute atomic E-state index is 12.4. The Bertz CT molecular complexity index is 970. The van der Waals surface area contributed by atoms with E-state index in [0.29, 0.717) is 24.3 Å². The molecule has 2 N–H and O–H groups in total. The molecule has 2 aliphatic heterocycles. The van der Waals surface area contributed by atoms with Gasteiger partial charge in [-0.15, -0.1) is 0 Å². The molecule has 0 unspecified atom stereocenters. The van der Waals surface area contributed by atoms with Crippen LogP contribution in [0.1, 0.15) is 56.2 Å². The Morgan fingerprint density at radius 1 is 1.17 bits per heavy atom. The zero-order valence-corrected chi connectivity index (χ0v) is 17.2. The molecular formula is C23H26N2O4. The molecule has 4 rings (SSSR count). The Labute approximate surface area is 170 Å². The van der Waals surface area contributed by atoms with E-state index in [9.17, 15) is 9.59 Å². The second kappa shape index (κ2) is 6.79. The first kappa shape index (κ1) is 19.3. The molecule has 6 heteroatoms. The van der Waals surface area contributed by atoms with Crippen LogP contribution in [0.2, 0.25) is 0 Å². The number of benzene rings is 2. The number of urea groups is 1. The average molecular weight is 394 g/mol. The van der Waals surface area contributed by atoms with E-state index in [1.54, 1.807) is 6.07 Å². The van der Waals surface area contributed by atoms with Crippen LogP contribution < -0.4 is 20.1 Å². The molecule has 1 spiro atoms. The molecule has 2 aromatic rings. The maximum Gasteiger partial charge on any atom is 0.318 e. The highest BCUT2D eigenvalue weighted by Gasteiger charge is 2.50. The first-order valence-electron chi connectivity index (χ1n) is 9.84. The van der Waals surface area contributed by atoms with Gasteiger partial charge in [-0.2, -0.15) is 0 Å². The third kappa shape index (κ3) is 3.79. The highest BCUT2D eigenvalue weighted by Crippen LogP contribution is 2.49. The quantitative estimate of drug-likeness (QED) is 0.596. The average Bonchev–Trinajstić information content (AvgIpc) is 2.58. The number of fused-ring (bicyclic) bond motifs is 1. The Morgan fingerprint density at radius 3 is 2.55 bits per heavy atom. The van der Waals surface area contributed by atoms with E-state index in [0.717, 1.165) is 16.7 Å². The number of hydrogen-bond donors (Lipinski definition) is 2. The largest absolute Gasteiger partial charge is 0.467 e. The SMILES string of the molecule is CC(=O)Oc1cc(C)c2c(c1)O[C@]1(C[C@@H]2c2ccccc2)CC(C)(C)NC(=O)N1. The number of aryl methyl sites for hydroxylation is 1. The number of nitrogens with one attached hydrogen (secondary N) is 2. The van der Waals surface area contributed by atoms with Crippen LogP contribution in [-0.4, -0.2) is 23.3 Å². The summed E-state index contributed by atoms with van der Waals surface area (Å²) in [5.41, 5.74) is 1.94. The van der Waals surface area contributed by atoms with Crippen molar-refractivity contribution in [2.45, 2.75) is 57.7 Å². The van der Waals surface area contributed by atoms with Gasteiger partial charge < -0.3 is 20.1 Å². The van der Waals surface area contributed by atoms with Gasteiger partial charge in [0.25, 0.3) is 0 Å². The number of rotatable bonds is 2. The summed E-state index contributed by atoms with van der Waals surface area (Å²) < 4.78 is 11.8. The van der Waals surface area contributed by atoms with Crippen LogP contribution in [0.4, 0.5) is 4.79 Å². The molecule has 2 atom stereocenters. The van der Waals surface area contributed by atoms with Gasteiger partial charge in [0.2, 0.25) is 0 Å². The monoisotopic (exact) mass is 394 g/mol. The van der Waals surface area contributed by atoms with E-state index in [4.69, 9.17) is 9.47 Å². The lowest BCUT2D eigenvalue weighted by atomic mass is 9.76. The number of carbonyl (C=O) groups is 2. The van der Waals surface area contributed by atoms with Crippen molar-refractivity contribution in [1.29, 1.82) is 0 Å². The van der Waals surface area contributed by atoms with Gasteiger partial charge in [-0.25, -0.2) is 4.79 Å². The molecule has 0 saturated carbocycles. The Balaban J connectivity index is 1.85. The zero-order chi connectivity index (χ0) is 20.8. The smallest absolute Gasteiger partial charge is 0.318 e. The lowest BCUT2D eigenvalue weighted by Crippen LogP contribution is -2.69. The van der Waals surface area contributed by atoms with Gasteiger partial charge in [-0.05, 0) is 38.0 Å². The van der Waals surface area contributed by atoms with Crippen molar-refractivity contribution in [2.75, 3.05) is 0 Å². The molecule has 0 aromatic heterocycles. The van der Waals surface area contributed by atoms with Gasteiger partial charge in [-0.3, -0.25) is 4.79 Å². The lowest BCUT2D eigenvalue weighted by Gasteiger charge is -2.49. The molecule has 0 bridgehead atoms. The summed E-state index contributed by atoms with van der Waals surface area (Å²) in [5.74, 6) is 0.739. The Hall–Kier alpha value is -3.02. The van der Waals surface area contributed by atoms with Gasteiger partial charge >= 0.3 is 12.0 Å². The summed E-state index contributed by atoms with van der Waals surface area (Å²) in [5, 5.41) is 5.98. The summed E-state index contributed by atoms with van der Waals surface area (Å²) in [7, 11) is 0. The molecule has 2 aromatic carbocycles.